The van der Waals surface area contributed by atoms with Crippen molar-refractivity contribution >= 4 is 23.8 Å². The molecular formula is C14H8O3S. The molecule has 1 aliphatic heterocycles. The molecule has 0 saturated heterocycles. The van der Waals surface area contributed by atoms with Crippen LogP contribution in [0.15, 0.2) is 52.3 Å². The molecule has 0 spiro atoms. The van der Waals surface area contributed by atoms with E-state index in [1.165, 1.54) is 11.8 Å². The van der Waals surface area contributed by atoms with Crippen molar-refractivity contribution in [2.45, 2.75) is 9.79 Å². The van der Waals surface area contributed by atoms with Crippen LogP contribution < -0.4 is 4.74 Å². The predicted octanol–water partition coefficient (Wildman–Crippen LogP) is 3.33. The molecule has 18 heavy (non-hydrogen) atoms. The van der Waals surface area contributed by atoms with Crippen LogP contribution in [0.1, 0.15) is 10.4 Å². The molecule has 0 unspecified atom stereocenters. The van der Waals surface area contributed by atoms with Crippen molar-refractivity contribution in [1.82, 2.24) is 0 Å². The number of carbonyl (C=O) groups is 2. The van der Waals surface area contributed by atoms with Crippen molar-refractivity contribution in [3.8, 4) is 11.5 Å². The highest BCUT2D eigenvalue weighted by atomic mass is 32.2. The molecule has 0 saturated carbocycles. The van der Waals surface area contributed by atoms with Gasteiger partial charge in [0.1, 0.15) is 11.5 Å². The van der Waals surface area contributed by atoms with Gasteiger partial charge in [-0.25, -0.2) is 0 Å². The maximum atomic E-state index is 11.6. The number of aldehydes is 1. The fourth-order valence-electron chi connectivity index (χ4n) is 1.81. The van der Waals surface area contributed by atoms with E-state index in [1.807, 2.05) is 24.3 Å². The van der Waals surface area contributed by atoms with E-state index in [0.717, 1.165) is 10.6 Å². The topological polar surface area (TPSA) is 43.4 Å². The van der Waals surface area contributed by atoms with Gasteiger partial charge in [-0.3, -0.25) is 9.59 Å². The lowest BCUT2D eigenvalue weighted by Gasteiger charge is -2.20. The maximum Gasteiger partial charge on any atom is 0.226 e. The van der Waals surface area contributed by atoms with E-state index in [2.05, 4.69) is 0 Å². The molecule has 0 radical (unpaired) electrons. The van der Waals surface area contributed by atoms with Crippen LogP contribution in [0, 0.1) is 0 Å². The Morgan fingerprint density at radius 3 is 2.67 bits per heavy atom. The van der Waals surface area contributed by atoms with Gasteiger partial charge in [-0.1, -0.05) is 30.0 Å². The smallest absolute Gasteiger partial charge is 0.226 e. The fourth-order valence-corrected chi connectivity index (χ4v) is 2.87. The molecule has 2 aromatic rings. The first kappa shape index (κ1) is 11.0. The number of rotatable bonds is 2. The highest BCUT2D eigenvalue weighted by Gasteiger charge is 2.22. The Kier molecular flexibility index (Phi) is 2.64. The minimum Gasteiger partial charge on any atom is -0.455 e. The number of ketones is 1. The van der Waals surface area contributed by atoms with Gasteiger partial charge in [0.15, 0.2) is 6.29 Å². The Morgan fingerprint density at radius 1 is 1.06 bits per heavy atom. The summed E-state index contributed by atoms with van der Waals surface area (Å²) in [6.45, 7) is 0. The Balaban J connectivity index is 2.13. The lowest BCUT2D eigenvalue weighted by molar-refractivity contribution is -0.104. The first-order valence-electron chi connectivity index (χ1n) is 5.37. The zero-order valence-electron chi connectivity index (χ0n) is 9.25. The molecule has 0 fully saturated rings. The highest BCUT2D eigenvalue weighted by molar-refractivity contribution is 7.99. The second-order valence-corrected chi connectivity index (χ2v) is 4.82. The molecule has 1 heterocycles. The summed E-state index contributed by atoms with van der Waals surface area (Å²) < 4.78 is 5.72. The van der Waals surface area contributed by atoms with Crippen molar-refractivity contribution in [2.75, 3.05) is 0 Å². The Hall–Kier alpha value is -2.07. The lowest BCUT2D eigenvalue weighted by atomic mass is 10.1. The number of hydrogen-bond acceptors (Lipinski definition) is 4. The number of para-hydroxylation sites is 1. The molecule has 1 aliphatic rings. The SMILES string of the molecule is O=CC(=O)c1cccc2c1Sc1ccccc1O2. The third kappa shape index (κ3) is 1.71. The molecule has 3 rings (SSSR count). The fraction of sp³-hybridized carbons (Fsp3) is 0. The summed E-state index contributed by atoms with van der Waals surface area (Å²) in [6.07, 6.45) is 0.330. The average molecular weight is 256 g/mol. The molecule has 4 heteroatoms. The third-order valence-electron chi connectivity index (χ3n) is 2.63. The summed E-state index contributed by atoms with van der Waals surface area (Å²) in [6, 6.07) is 12.7. The van der Waals surface area contributed by atoms with Crippen LogP contribution in [0.25, 0.3) is 0 Å². The normalized spacial score (nSPS) is 12.0. The monoisotopic (exact) mass is 256 g/mol. The van der Waals surface area contributed by atoms with Gasteiger partial charge in [0.05, 0.1) is 9.79 Å². The van der Waals surface area contributed by atoms with Crippen molar-refractivity contribution in [3.63, 3.8) is 0 Å². The number of ether oxygens (including phenoxy) is 1. The average Bonchev–Trinajstić information content (AvgIpc) is 2.43. The van der Waals surface area contributed by atoms with E-state index in [9.17, 15) is 9.59 Å². The second kappa shape index (κ2) is 4.31. The van der Waals surface area contributed by atoms with Crippen LogP contribution in [0.4, 0.5) is 0 Å². The number of benzene rings is 2. The van der Waals surface area contributed by atoms with Gasteiger partial charge in [-0.05, 0) is 24.3 Å². The van der Waals surface area contributed by atoms with Crippen molar-refractivity contribution in [2.24, 2.45) is 0 Å². The summed E-state index contributed by atoms with van der Waals surface area (Å²) in [7, 11) is 0. The number of fused-ring (bicyclic) bond motifs is 2. The Labute approximate surface area is 108 Å². The Bertz CT molecular complexity index is 649. The van der Waals surface area contributed by atoms with Gasteiger partial charge in [-0.2, -0.15) is 0 Å². The summed E-state index contributed by atoms with van der Waals surface area (Å²) in [5, 5.41) is 0. The molecule has 0 aliphatic carbocycles. The maximum absolute atomic E-state index is 11.6. The first-order valence-corrected chi connectivity index (χ1v) is 6.18. The predicted molar refractivity (Wildman–Crippen MR) is 67.5 cm³/mol. The summed E-state index contributed by atoms with van der Waals surface area (Å²) in [5.41, 5.74) is 0.391. The molecule has 2 aromatic carbocycles. The van der Waals surface area contributed by atoms with E-state index in [0.29, 0.717) is 22.5 Å². The van der Waals surface area contributed by atoms with Crippen LogP contribution in [-0.4, -0.2) is 12.1 Å². The van der Waals surface area contributed by atoms with E-state index in [-0.39, 0.29) is 0 Å². The van der Waals surface area contributed by atoms with Gasteiger partial charge in [0.2, 0.25) is 5.78 Å². The highest BCUT2D eigenvalue weighted by Crippen LogP contribution is 2.48. The number of carbonyl (C=O) groups excluding carboxylic acids is 2. The molecule has 0 N–H and O–H groups in total. The van der Waals surface area contributed by atoms with E-state index in [4.69, 9.17) is 4.74 Å². The molecule has 0 amide bonds. The molecular weight excluding hydrogens is 248 g/mol. The molecule has 3 nitrogen and oxygen atoms in total. The standard InChI is InChI=1S/C14H8O3S/c15-8-10(16)9-4-3-6-12-14(9)18-13-7-2-1-5-11(13)17-12/h1-8H. The summed E-state index contributed by atoms with van der Waals surface area (Å²) >= 11 is 1.45. The van der Waals surface area contributed by atoms with E-state index < -0.39 is 5.78 Å². The van der Waals surface area contributed by atoms with Crippen LogP contribution in [0.5, 0.6) is 11.5 Å². The quantitative estimate of drug-likeness (QED) is 0.401. The van der Waals surface area contributed by atoms with Gasteiger partial charge >= 0.3 is 0 Å². The second-order valence-electron chi connectivity index (χ2n) is 3.77. The summed E-state index contributed by atoms with van der Waals surface area (Å²) in [5.74, 6) is 0.861. The lowest BCUT2D eigenvalue weighted by Crippen LogP contribution is -2.05. The van der Waals surface area contributed by atoms with Gasteiger partial charge in [0.25, 0.3) is 0 Å². The number of hydrogen-bond donors (Lipinski definition) is 0. The molecule has 0 bridgehead atoms. The van der Waals surface area contributed by atoms with Crippen LogP contribution in [0.2, 0.25) is 0 Å². The Morgan fingerprint density at radius 2 is 1.83 bits per heavy atom. The van der Waals surface area contributed by atoms with E-state index in [1.54, 1.807) is 18.2 Å². The summed E-state index contributed by atoms with van der Waals surface area (Å²) in [4.78, 5) is 23.8. The van der Waals surface area contributed by atoms with Crippen molar-refractivity contribution in [3.05, 3.63) is 48.0 Å². The third-order valence-corrected chi connectivity index (χ3v) is 3.81. The van der Waals surface area contributed by atoms with Gasteiger partial charge < -0.3 is 4.74 Å². The van der Waals surface area contributed by atoms with Gasteiger partial charge in [0, 0.05) is 5.56 Å². The largest absolute Gasteiger partial charge is 0.455 e. The zero-order chi connectivity index (χ0) is 12.5. The van der Waals surface area contributed by atoms with Crippen LogP contribution in [-0.2, 0) is 4.79 Å². The minimum absolute atomic E-state index is 0.330. The van der Waals surface area contributed by atoms with Crippen LogP contribution >= 0.6 is 11.8 Å². The van der Waals surface area contributed by atoms with E-state index >= 15 is 0 Å². The number of Topliss-reactive ketones (excluding diaryl/α,β-unsaturated/α-hetero) is 1. The molecule has 88 valence electrons. The van der Waals surface area contributed by atoms with Crippen LogP contribution in [0.3, 0.4) is 0 Å². The van der Waals surface area contributed by atoms with Gasteiger partial charge in [-0.15, -0.1) is 0 Å². The molecule has 0 atom stereocenters. The zero-order valence-corrected chi connectivity index (χ0v) is 10.1. The first-order chi connectivity index (χ1) is 8.79. The van der Waals surface area contributed by atoms with Crippen molar-refractivity contribution < 1.29 is 14.3 Å². The van der Waals surface area contributed by atoms with Crippen molar-refractivity contribution in [1.29, 1.82) is 0 Å². The molecule has 0 aromatic heterocycles. The minimum atomic E-state index is -0.526.